The van der Waals surface area contributed by atoms with Crippen LogP contribution in [0.4, 0.5) is 5.69 Å². The van der Waals surface area contributed by atoms with Crippen molar-refractivity contribution in [1.82, 2.24) is 9.80 Å². The Morgan fingerprint density at radius 3 is 2.30 bits per heavy atom. The molecule has 0 amide bonds. The maximum Gasteiger partial charge on any atom is 0.0847 e. The fourth-order valence-electron chi connectivity index (χ4n) is 6.03. The highest BCUT2D eigenvalue weighted by atomic mass is 15.5. The van der Waals surface area contributed by atoms with Crippen LogP contribution in [-0.4, -0.2) is 34.6 Å². The van der Waals surface area contributed by atoms with Crippen molar-refractivity contribution in [3.05, 3.63) is 102 Å². The molecule has 6 rings (SSSR count). The number of hydrogen-bond donors (Lipinski definition) is 1. The molecule has 3 nitrogen and oxygen atoms in total. The molecule has 3 aromatic carbocycles. The van der Waals surface area contributed by atoms with E-state index in [2.05, 4.69) is 107 Å². The van der Waals surface area contributed by atoms with Gasteiger partial charge in [-0.05, 0) is 42.6 Å². The summed E-state index contributed by atoms with van der Waals surface area (Å²) in [5.41, 5.74) is 5.50. The number of likely N-dealkylation sites (tertiary alicyclic amines) is 1. The summed E-state index contributed by atoms with van der Waals surface area (Å²) in [7, 11) is 0. The van der Waals surface area contributed by atoms with Gasteiger partial charge in [0.15, 0.2) is 0 Å². The lowest BCUT2D eigenvalue weighted by Gasteiger charge is -2.29. The first-order valence-electron chi connectivity index (χ1n) is 11.2. The summed E-state index contributed by atoms with van der Waals surface area (Å²) in [4.78, 5) is 5.49. The van der Waals surface area contributed by atoms with E-state index in [9.17, 15) is 0 Å². The number of hydrogen-bond acceptors (Lipinski definition) is 3. The number of aryl methyl sites for hydroxylation is 1. The molecule has 6 atom stereocenters. The zero-order chi connectivity index (χ0) is 20.1. The lowest BCUT2D eigenvalue weighted by atomic mass is 9.92. The quantitative estimate of drug-likeness (QED) is 0.609. The second-order valence-corrected chi connectivity index (χ2v) is 9.10. The topological polar surface area (TPSA) is 18.3 Å². The van der Waals surface area contributed by atoms with E-state index < -0.39 is 0 Å². The van der Waals surface area contributed by atoms with Crippen molar-refractivity contribution in [1.29, 1.82) is 0 Å². The Balaban J connectivity index is 1.31. The summed E-state index contributed by atoms with van der Waals surface area (Å²) >= 11 is 0. The highest BCUT2D eigenvalue weighted by Gasteiger charge is 2.68. The molecular weight excluding hydrogens is 366 g/mol. The predicted molar refractivity (Wildman–Crippen MR) is 122 cm³/mol. The Hall–Kier alpha value is -2.62. The summed E-state index contributed by atoms with van der Waals surface area (Å²) < 4.78 is 0. The minimum absolute atomic E-state index is 0.409. The number of benzene rings is 3. The third-order valence-electron chi connectivity index (χ3n) is 7.40. The van der Waals surface area contributed by atoms with Crippen molar-refractivity contribution >= 4 is 5.69 Å². The van der Waals surface area contributed by atoms with Gasteiger partial charge in [-0.25, -0.2) is 0 Å². The van der Waals surface area contributed by atoms with Crippen molar-refractivity contribution in [2.75, 3.05) is 11.9 Å². The number of rotatable bonds is 5. The summed E-state index contributed by atoms with van der Waals surface area (Å²) in [6.07, 6.45) is 1.68. The van der Waals surface area contributed by atoms with Gasteiger partial charge in [-0.2, -0.15) is 0 Å². The number of fused-ring (bicyclic) bond motifs is 3. The fourth-order valence-corrected chi connectivity index (χ4v) is 6.03. The van der Waals surface area contributed by atoms with Crippen molar-refractivity contribution in [2.45, 2.75) is 44.2 Å². The van der Waals surface area contributed by atoms with E-state index in [1.165, 1.54) is 35.3 Å². The number of nitrogens with one attached hydrogen (secondary N) is 1. The van der Waals surface area contributed by atoms with E-state index in [1.807, 2.05) is 0 Å². The molecule has 3 heterocycles. The molecule has 3 heteroatoms. The molecule has 3 aliphatic heterocycles. The third-order valence-corrected chi connectivity index (χ3v) is 7.40. The lowest BCUT2D eigenvalue weighted by molar-refractivity contribution is 0.224. The average Bonchev–Trinajstić information content (AvgIpc) is 3.24. The van der Waals surface area contributed by atoms with Crippen LogP contribution in [0.15, 0.2) is 84.9 Å². The summed E-state index contributed by atoms with van der Waals surface area (Å²) in [6, 6.07) is 32.6. The molecular formula is C27H29N3. The van der Waals surface area contributed by atoms with Crippen LogP contribution in [0.5, 0.6) is 0 Å². The first-order chi connectivity index (χ1) is 14.8. The second-order valence-electron chi connectivity index (χ2n) is 9.10. The average molecular weight is 396 g/mol. The summed E-state index contributed by atoms with van der Waals surface area (Å²) in [5.74, 6) is 0.679. The monoisotopic (exact) mass is 395 g/mol. The van der Waals surface area contributed by atoms with Crippen molar-refractivity contribution < 1.29 is 0 Å². The molecule has 0 saturated carbocycles. The van der Waals surface area contributed by atoms with Gasteiger partial charge < -0.3 is 5.32 Å². The van der Waals surface area contributed by atoms with Crippen LogP contribution in [0, 0.1) is 12.8 Å². The Bertz CT molecular complexity index is 1020. The third kappa shape index (κ3) is 2.96. The smallest absolute Gasteiger partial charge is 0.0847 e. The molecule has 0 aliphatic carbocycles. The van der Waals surface area contributed by atoms with Crippen molar-refractivity contribution in [3.8, 4) is 0 Å². The molecule has 0 spiro atoms. The van der Waals surface area contributed by atoms with Crippen molar-refractivity contribution in [2.24, 2.45) is 5.92 Å². The molecule has 0 aromatic heterocycles. The molecule has 3 aromatic rings. The van der Waals surface area contributed by atoms with Gasteiger partial charge in [-0.3, -0.25) is 9.80 Å². The van der Waals surface area contributed by atoms with Gasteiger partial charge in [-0.15, -0.1) is 0 Å². The molecule has 30 heavy (non-hydrogen) atoms. The van der Waals surface area contributed by atoms with Gasteiger partial charge in [0, 0.05) is 30.2 Å². The number of para-hydroxylation sites is 1. The van der Waals surface area contributed by atoms with E-state index in [0.717, 1.165) is 6.54 Å². The van der Waals surface area contributed by atoms with E-state index in [1.54, 1.807) is 0 Å². The minimum Gasteiger partial charge on any atom is -0.369 e. The fraction of sp³-hybridized carbons (Fsp3) is 0.333. The molecule has 0 radical (unpaired) electrons. The van der Waals surface area contributed by atoms with Crippen LogP contribution in [0.25, 0.3) is 0 Å². The number of piperidine rings is 1. The van der Waals surface area contributed by atoms with Gasteiger partial charge in [0.25, 0.3) is 0 Å². The van der Waals surface area contributed by atoms with Crippen LogP contribution in [-0.2, 0) is 6.54 Å². The van der Waals surface area contributed by atoms with Gasteiger partial charge in [0.05, 0.1) is 12.2 Å². The van der Waals surface area contributed by atoms with Gasteiger partial charge in [0.2, 0.25) is 0 Å². The van der Waals surface area contributed by atoms with E-state index >= 15 is 0 Å². The Morgan fingerprint density at radius 2 is 1.53 bits per heavy atom. The van der Waals surface area contributed by atoms with E-state index in [-0.39, 0.29) is 0 Å². The molecule has 0 bridgehead atoms. The Labute approximate surface area is 179 Å². The Morgan fingerprint density at radius 1 is 0.833 bits per heavy atom. The van der Waals surface area contributed by atoms with Crippen LogP contribution in [0.1, 0.15) is 29.2 Å². The zero-order valence-corrected chi connectivity index (χ0v) is 17.5. The molecule has 4 unspecified atom stereocenters. The van der Waals surface area contributed by atoms with Crippen LogP contribution < -0.4 is 5.32 Å². The van der Waals surface area contributed by atoms with Crippen LogP contribution >= 0.6 is 0 Å². The van der Waals surface area contributed by atoms with Gasteiger partial charge in [0.1, 0.15) is 0 Å². The lowest BCUT2D eigenvalue weighted by Crippen LogP contribution is -2.39. The summed E-state index contributed by atoms with van der Waals surface area (Å²) in [6.45, 7) is 4.46. The summed E-state index contributed by atoms with van der Waals surface area (Å²) in [5, 5.41) is 3.96. The van der Waals surface area contributed by atoms with E-state index in [0.29, 0.717) is 30.2 Å². The standard InChI is InChI=1S/C27H29N3/c1-19-10-8-9-15-23(19)28-27-22-16-17-29(18-20-11-4-2-5-12-20)25(22)26-24(30(26)27)21-13-6-3-7-14-21/h2-15,22,24-28H,16-18H2,1H3/t22?,24?,25-,26-,27?,30?/m1/s1. The number of anilines is 1. The minimum atomic E-state index is 0.409. The molecule has 3 fully saturated rings. The number of nitrogens with zero attached hydrogens (tertiary/aromatic N) is 2. The molecule has 152 valence electrons. The molecule has 3 aliphatic rings. The van der Waals surface area contributed by atoms with Gasteiger partial charge in [-0.1, -0.05) is 78.9 Å². The first-order valence-corrected chi connectivity index (χ1v) is 11.2. The molecule has 1 N–H and O–H groups in total. The SMILES string of the molecule is Cc1ccccc1NC1C2CCN(Cc3ccccc3)[C@H]2[C@H]2C(c3ccccc3)N12. The highest BCUT2D eigenvalue weighted by Crippen LogP contribution is 2.59. The van der Waals surface area contributed by atoms with Gasteiger partial charge >= 0.3 is 0 Å². The predicted octanol–water partition coefficient (Wildman–Crippen LogP) is 5.06. The first kappa shape index (κ1) is 18.2. The normalized spacial score (nSPS) is 31.9. The van der Waals surface area contributed by atoms with Crippen LogP contribution in [0.2, 0.25) is 0 Å². The maximum atomic E-state index is 3.96. The highest BCUT2D eigenvalue weighted by molar-refractivity contribution is 5.52. The zero-order valence-electron chi connectivity index (χ0n) is 17.5. The second kappa shape index (κ2) is 7.26. The van der Waals surface area contributed by atoms with Crippen molar-refractivity contribution in [3.63, 3.8) is 0 Å². The maximum absolute atomic E-state index is 3.96. The van der Waals surface area contributed by atoms with E-state index in [4.69, 9.17) is 0 Å². The van der Waals surface area contributed by atoms with Crippen LogP contribution in [0.3, 0.4) is 0 Å². The Kier molecular flexibility index (Phi) is 4.40. The molecule has 3 saturated heterocycles. The largest absolute Gasteiger partial charge is 0.369 e.